The SMILES string of the molecule is O=C(O)CN1C(=O)C(Cl)SC1=S. The first-order valence-corrected chi connectivity index (χ1v) is 4.62. The Labute approximate surface area is 82.9 Å². The van der Waals surface area contributed by atoms with E-state index in [1.807, 2.05) is 0 Å². The van der Waals surface area contributed by atoms with Crippen LogP contribution in [0.4, 0.5) is 0 Å². The first-order chi connectivity index (χ1) is 5.52. The quantitative estimate of drug-likeness (QED) is 0.548. The van der Waals surface area contributed by atoms with E-state index >= 15 is 0 Å². The molecule has 1 rings (SSSR count). The van der Waals surface area contributed by atoms with Gasteiger partial charge in [0.25, 0.3) is 5.91 Å². The summed E-state index contributed by atoms with van der Waals surface area (Å²) in [5, 5.41) is 8.39. The number of hydrogen-bond donors (Lipinski definition) is 1. The van der Waals surface area contributed by atoms with Gasteiger partial charge in [-0.25, -0.2) is 0 Å². The lowest BCUT2D eigenvalue weighted by Gasteiger charge is -2.10. The first-order valence-electron chi connectivity index (χ1n) is 2.90. The number of amides is 1. The van der Waals surface area contributed by atoms with E-state index < -0.39 is 23.1 Å². The van der Waals surface area contributed by atoms with E-state index in [9.17, 15) is 9.59 Å². The molecular formula is C5H4ClNO3S2. The summed E-state index contributed by atoms with van der Waals surface area (Å²) in [6, 6.07) is 0. The lowest BCUT2D eigenvalue weighted by atomic mass is 10.5. The summed E-state index contributed by atoms with van der Waals surface area (Å²) in [6.07, 6.45) is 0. The van der Waals surface area contributed by atoms with Crippen molar-refractivity contribution in [3.63, 3.8) is 0 Å². The van der Waals surface area contributed by atoms with Crippen LogP contribution in [0.25, 0.3) is 0 Å². The molecule has 1 unspecified atom stereocenters. The van der Waals surface area contributed by atoms with Gasteiger partial charge in [-0.05, 0) is 0 Å². The molecule has 1 heterocycles. The van der Waals surface area contributed by atoms with Crippen LogP contribution in [-0.4, -0.2) is 37.5 Å². The van der Waals surface area contributed by atoms with Crippen molar-refractivity contribution in [1.29, 1.82) is 0 Å². The lowest BCUT2D eigenvalue weighted by molar-refractivity contribution is -0.140. The summed E-state index contributed by atoms with van der Waals surface area (Å²) in [7, 11) is 0. The van der Waals surface area contributed by atoms with E-state index in [2.05, 4.69) is 0 Å². The maximum atomic E-state index is 11.1. The molecule has 1 aliphatic heterocycles. The third-order valence-corrected chi connectivity index (χ3v) is 2.97. The first kappa shape index (κ1) is 9.76. The number of nitrogens with zero attached hydrogens (tertiary/aromatic N) is 1. The van der Waals surface area contributed by atoms with Crippen molar-refractivity contribution in [2.45, 2.75) is 4.71 Å². The van der Waals surface area contributed by atoms with Gasteiger partial charge in [-0.1, -0.05) is 35.6 Å². The number of thioether (sulfide) groups is 1. The number of halogens is 1. The van der Waals surface area contributed by atoms with Crippen molar-refractivity contribution in [1.82, 2.24) is 4.90 Å². The Balaban J connectivity index is 2.70. The van der Waals surface area contributed by atoms with Gasteiger partial charge in [-0.15, -0.1) is 0 Å². The summed E-state index contributed by atoms with van der Waals surface area (Å²) in [6.45, 7) is -0.409. The minimum Gasteiger partial charge on any atom is -0.480 e. The van der Waals surface area contributed by atoms with Crippen molar-refractivity contribution >= 4 is 51.8 Å². The van der Waals surface area contributed by atoms with Gasteiger partial charge in [0.1, 0.15) is 10.9 Å². The van der Waals surface area contributed by atoms with Crippen LogP contribution in [0.3, 0.4) is 0 Å². The molecule has 1 atom stereocenters. The Morgan fingerprint density at radius 2 is 2.42 bits per heavy atom. The molecule has 0 spiro atoms. The van der Waals surface area contributed by atoms with Gasteiger partial charge >= 0.3 is 5.97 Å². The molecule has 1 N–H and O–H groups in total. The van der Waals surface area contributed by atoms with Crippen molar-refractivity contribution in [2.24, 2.45) is 0 Å². The monoisotopic (exact) mass is 225 g/mol. The number of carboxylic acids is 1. The minimum atomic E-state index is -1.10. The van der Waals surface area contributed by atoms with Gasteiger partial charge in [0.05, 0.1) is 0 Å². The maximum absolute atomic E-state index is 11.1. The molecule has 0 radical (unpaired) electrons. The van der Waals surface area contributed by atoms with Gasteiger partial charge in [0.15, 0.2) is 4.71 Å². The molecule has 7 heteroatoms. The molecule has 0 saturated carbocycles. The van der Waals surface area contributed by atoms with E-state index in [4.69, 9.17) is 28.9 Å². The summed E-state index contributed by atoms with van der Waals surface area (Å²) in [5.41, 5.74) is 0. The third kappa shape index (κ3) is 1.88. The van der Waals surface area contributed by atoms with Crippen molar-refractivity contribution in [3.8, 4) is 0 Å². The highest BCUT2D eigenvalue weighted by Crippen LogP contribution is 2.29. The molecule has 66 valence electrons. The Hall–Kier alpha value is -0.330. The van der Waals surface area contributed by atoms with E-state index in [1.54, 1.807) is 0 Å². The standard InChI is InChI=1S/C5H4ClNO3S2/c6-3-4(10)7(1-2(8)9)5(11)12-3/h3H,1H2,(H,8,9). The predicted molar refractivity (Wildman–Crippen MR) is 49.2 cm³/mol. The highest BCUT2D eigenvalue weighted by molar-refractivity contribution is 8.25. The number of hydrogen-bond acceptors (Lipinski definition) is 4. The molecule has 0 aliphatic carbocycles. The van der Waals surface area contributed by atoms with Crippen LogP contribution in [0.1, 0.15) is 0 Å². The van der Waals surface area contributed by atoms with Crippen LogP contribution in [0, 0.1) is 0 Å². The van der Waals surface area contributed by atoms with E-state index in [0.717, 1.165) is 16.7 Å². The average molecular weight is 226 g/mol. The van der Waals surface area contributed by atoms with Gasteiger partial charge < -0.3 is 5.11 Å². The highest BCUT2D eigenvalue weighted by atomic mass is 35.5. The zero-order chi connectivity index (χ0) is 9.30. The topological polar surface area (TPSA) is 57.6 Å². The molecule has 1 fully saturated rings. The zero-order valence-corrected chi connectivity index (χ0v) is 8.08. The largest absolute Gasteiger partial charge is 0.480 e. The molecule has 1 saturated heterocycles. The van der Waals surface area contributed by atoms with Gasteiger partial charge in [0, 0.05) is 0 Å². The number of aliphatic carboxylic acids is 1. The van der Waals surface area contributed by atoms with Gasteiger partial charge in [-0.3, -0.25) is 14.5 Å². The number of carboxylic acid groups (broad SMARTS) is 1. The second-order valence-corrected chi connectivity index (χ2v) is 4.45. The van der Waals surface area contributed by atoms with Gasteiger partial charge in [-0.2, -0.15) is 0 Å². The number of thiocarbonyl (C=S) groups is 1. The van der Waals surface area contributed by atoms with E-state index in [0.29, 0.717) is 0 Å². The third-order valence-electron chi connectivity index (χ3n) is 1.18. The molecule has 1 aliphatic rings. The molecule has 0 aromatic rings. The Bertz CT molecular complexity index is 257. The smallest absolute Gasteiger partial charge is 0.323 e. The molecule has 0 aromatic carbocycles. The van der Waals surface area contributed by atoms with E-state index in [1.165, 1.54) is 0 Å². The van der Waals surface area contributed by atoms with Crippen LogP contribution in [0.2, 0.25) is 0 Å². The molecule has 12 heavy (non-hydrogen) atoms. The van der Waals surface area contributed by atoms with Crippen molar-refractivity contribution in [3.05, 3.63) is 0 Å². The molecule has 0 aromatic heterocycles. The number of carbonyl (C=O) groups is 2. The van der Waals surface area contributed by atoms with Crippen LogP contribution in [-0.2, 0) is 9.59 Å². The van der Waals surface area contributed by atoms with Crippen molar-refractivity contribution in [2.75, 3.05) is 6.54 Å². The Morgan fingerprint density at radius 3 is 2.75 bits per heavy atom. The average Bonchev–Trinajstić information content (AvgIpc) is 2.16. The fraction of sp³-hybridized carbons (Fsp3) is 0.400. The number of alkyl halides is 1. The molecular weight excluding hydrogens is 222 g/mol. The normalized spacial score (nSPS) is 23.4. The van der Waals surface area contributed by atoms with Crippen LogP contribution >= 0.6 is 35.6 Å². The molecule has 0 bridgehead atoms. The number of rotatable bonds is 2. The molecule has 1 amide bonds. The molecule has 4 nitrogen and oxygen atoms in total. The summed E-state index contributed by atoms with van der Waals surface area (Å²) in [5.74, 6) is -1.55. The summed E-state index contributed by atoms with van der Waals surface area (Å²) in [4.78, 5) is 22.3. The summed E-state index contributed by atoms with van der Waals surface area (Å²) >= 11 is 11.2. The second-order valence-electron chi connectivity index (χ2n) is 2.02. The fourth-order valence-corrected chi connectivity index (χ4v) is 2.35. The summed E-state index contributed by atoms with van der Waals surface area (Å²) < 4.78 is -0.542. The lowest BCUT2D eigenvalue weighted by Crippen LogP contribution is -2.34. The zero-order valence-electron chi connectivity index (χ0n) is 5.69. The minimum absolute atomic E-state index is 0.224. The Kier molecular flexibility index (Phi) is 2.92. The van der Waals surface area contributed by atoms with Crippen LogP contribution in [0.5, 0.6) is 0 Å². The van der Waals surface area contributed by atoms with Crippen LogP contribution < -0.4 is 0 Å². The fourth-order valence-electron chi connectivity index (χ4n) is 0.693. The predicted octanol–water partition coefficient (Wildman–Crippen LogP) is 0.496. The van der Waals surface area contributed by atoms with E-state index in [-0.39, 0.29) is 4.32 Å². The Morgan fingerprint density at radius 1 is 1.83 bits per heavy atom. The van der Waals surface area contributed by atoms with Gasteiger partial charge in [0.2, 0.25) is 0 Å². The maximum Gasteiger partial charge on any atom is 0.323 e. The number of carbonyl (C=O) groups excluding carboxylic acids is 1. The second kappa shape index (κ2) is 3.59. The van der Waals surface area contributed by atoms with Crippen LogP contribution in [0.15, 0.2) is 0 Å². The van der Waals surface area contributed by atoms with Crippen molar-refractivity contribution < 1.29 is 14.7 Å². The highest BCUT2D eigenvalue weighted by Gasteiger charge is 2.36.